The van der Waals surface area contributed by atoms with Gasteiger partial charge in [0.2, 0.25) is 0 Å². The van der Waals surface area contributed by atoms with E-state index in [0.29, 0.717) is 0 Å². The lowest BCUT2D eigenvalue weighted by molar-refractivity contribution is 0.113. The zero-order valence-electron chi connectivity index (χ0n) is 15.7. The number of hydrogen-bond acceptors (Lipinski definition) is 2. The quantitative estimate of drug-likeness (QED) is 0.311. The van der Waals surface area contributed by atoms with Crippen molar-refractivity contribution >= 4 is 52.3 Å². The van der Waals surface area contributed by atoms with Crippen molar-refractivity contribution in [1.29, 1.82) is 0 Å². The topological polar surface area (TPSA) is 9.23 Å². The lowest BCUT2D eigenvalue weighted by Crippen LogP contribution is -2.48. The summed E-state index contributed by atoms with van der Waals surface area (Å²) in [6.07, 6.45) is 4.32. The van der Waals surface area contributed by atoms with E-state index in [4.69, 9.17) is 4.43 Å². The highest BCUT2D eigenvalue weighted by Crippen LogP contribution is 2.41. The molecule has 1 atom stereocenters. The van der Waals surface area contributed by atoms with Gasteiger partial charge in [-0.05, 0) is 65.6 Å². The van der Waals surface area contributed by atoms with E-state index in [1.807, 2.05) is 11.3 Å². The molecule has 132 valence electrons. The maximum Gasteiger partial charge on any atom is 0.193 e. The number of rotatable bonds is 6. The van der Waals surface area contributed by atoms with E-state index in [1.165, 1.54) is 15.0 Å². The Morgan fingerprint density at radius 1 is 1.17 bits per heavy atom. The maximum absolute atomic E-state index is 6.78. The summed E-state index contributed by atoms with van der Waals surface area (Å²) in [5, 5.41) is 1.58. The van der Waals surface area contributed by atoms with Gasteiger partial charge in [-0.15, -0.1) is 11.3 Å². The molecule has 1 heterocycles. The van der Waals surface area contributed by atoms with Gasteiger partial charge in [-0.1, -0.05) is 61.6 Å². The van der Waals surface area contributed by atoms with Crippen molar-refractivity contribution in [2.75, 3.05) is 0 Å². The molecule has 0 spiro atoms. The van der Waals surface area contributed by atoms with Crippen molar-refractivity contribution in [2.45, 2.75) is 64.3 Å². The molecule has 0 saturated heterocycles. The summed E-state index contributed by atoms with van der Waals surface area (Å²) in [6, 6.07) is 11.0. The number of hydrogen-bond donors (Lipinski definition) is 0. The number of halogens is 1. The van der Waals surface area contributed by atoms with E-state index in [2.05, 4.69) is 104 Å². The molecule has 1 nitrogen and oxygen atoms in total. The summed E-state index contributed by atoms with van der Waals surface area (Å²) in [5.74, 6) is 0. The molecule has 4 heteroatoms. The molecule has 0 radical (unpaired) electrons. The van der Waals surface area contributed by atoms with Crippen LogP contribution < -0.4 is 0 Å². The van der Waals surface area contributed by atoms with Gasteiger partial charge < -0.3 is 4.43 Å². The van der Waals surface area contributed by atoms with Crippen molar-refractivity contribution in [2.24, 2.45) is 0 Å². The molecule has 0 amide bonds. The van der Waals surface area contributed by atoms with Crippen molar-refractivity contribution in [1.82, 2.24) is 0 Å². The molecule has 24 heavy (non-hydrogen) atoms. The Labute approximate surface area is 165 Å². The van der Waals surface area contributed by atoms with E-state index in [-0.39, 0.29) is 10.6 Å². The van der Waals surface area contributed by atoms with Crippen LogP contribution in [0.3, 0.4) is 0 Å². The Morgan fingerprint density at radius 2 is 1.83 bits per heavy atom. The zero-order chi connectivity index (χ0) is 18.0. The highest BCUT2D eigenvalue weighted by molar-refractivity contribution is 14.1. The first-order chi connectivity index (χ1) is 11.1. The molecule has 1 unspecified atom stereocenters. The van der Waals surface area contributed by atoms with Crippen molar-refractivity contribution in [3.63, 3.8) is 0 Å². The first-order valence-electron chi connectivity index (χ1n) is 8.52. The van der Waals surface area contributed by atoms with E-state index >= 15 is 0 Å². The van der Waals surface area contributed by atoms with Gasteiger partial charge in [0, 0.05) is 9.58 Å². The summed E-state index contributed by atoms with van der Waals surface area (Å²) >= 11 is 4.22. The third-order valence-corrected chi connectivity index (χ3v) is 11.2. The van der Waals surface area contributed by atoms with Crippen LogP contribution in [-0.4, -0.2) is 13.9 Å². The normalized spacial score (nSPS) is 16.0. The van der Waals surface area contributed by atoms with E-state index in [0.717, 1.165) is 12.8 Å². The number of fused-ring (bicyclic) bond motifs is 1. The Kier molecular flexibility index (Phi) is 6.38. The van der Waals surface area contributed by atoms with Crippen molar-refractivity contribution in [3.8, 4) is 0 Å². The van der Waals surface area contributed by atoms with Gasteiger partial charge in [-0.25, -0.2) is 0 Å². The second kappa shape index (κ2) is 7.60. The van der Waals surface area contributed by atoms with Gasteiger partial charge >= 0.3 is 0 Å². The van der Waals surface area contributed by atoms with Crippen LogP contribution >= 0.6 is 33.9 Å². The van der Waals surface area contributed by atoms with Crippen LogP contribution in [0.1, 0.15) is 39.0 Å². The summed E-state index contributed by atoms with van der Waals surface area (Å²) < 4.78 is 10.3. The minimum Gasteiger partial charge on any atom is -0.408 e. The minimum atomic E-state index is -1.80. The smallest absolute Gasteiger partial charge is 0.193 e. The van der Waals surface area contributed by atoms with Crippen molar-refractivity contribution in [3.05, 3.63) is 45.4 Å². The predicted octanol–water partition coefficient (Wildman–Crippen LogP) is 7.56. The Hall–Kier alpha value is -0.173. The zero-order valence-corrected chi connectivity index (χ0v) is 19.6. The van der Waals surface area contributed by atoms with E-state index in [9.17, 15) is 0 Å². The minimum absolute atomic E-state index is 0.194. The molecular weight excluding hydrogens is 443 g/mol. The average Bonchev–Trinajstić information content (AvgIpc) is 2.86. The molecule has 0 fully saturated rings. The SMILES string of the molecule is CC(/C=C/I)(CCc1cc2ccccc2s1)O[Si](C)(C)C(C)(C)C. The number of thiophene rings is 1. The van der Waals surface area contributed by atoms with Crippen molar-refractivity contribution < 1.29 is 4.43 Å². The molecule has 0 aliphatic carbocycles. The van der Waals surface area contributed by atoms with Gasteiger partial charge in [0.1, 0.15) is 0 Å². The standard InChI is InChI=1S/C20H29IOSSi/c1-19(2,3)24(5,6)22-20(4,13-14-21)12-11-17-15-16-9-7-8-10-18(16)23-17/h7-10,13-15H,11-12H2,1-6H3/b14-13+. The highest BCUT2D eigenvalue weighted by atomic mass is 127. The molecule has 0 N–H and O–H groups in total. The Balaban J connectivity index is 2.15. The summed E-state index contributed by atoms with van der Waals surface area (Å²) in [4.78, 5) is 1.45. The largest absolute Gasteiger partial charge is 0.408 e. The van der Waals surface area contributed by atoms with Crippen LogP contribution in [0, 0.1) is 0 Å². The fraction of sp³-hybridized carbons (Fsp3) is 0.500. The average molecular weight is 473 g/mol. The second-order valence-electron chi connectivity index (χ2n) is 8.22. The van der Waals surface area contributed by atoms with Crippen LogP contribution in [-0.2, 0) is 10.8 Å². The van der Waals surface area contributed by atoms with Crippen LogP contribution in [0.4, 0.5) is 0 Å². The molecule has 0 aliphatic rings. The lowest BCUT2D eigenvalue weighted by Gasteiger charge is -2.43. The molecule has 0 saturated carbocycles. The summed E-state index contributed by atoms with van der Waals surface area (Å²) in [7, 11) is -1.80. The van der Waals surface area contributed by atoms with Gasteiger partial charge in [-0.2, -0.15) is 0 Å². The predicted molar refractivity (Wildman–Crippen MR) is 120 cm³/mol. The van der Waals surface area contributed by atoms with Crippen LogP contribution in [0.2, 0.25) is 18.1 Å². The first kappa shape index (κ1) is 20.1. The number of aryl methyl sites for hydroxylation is 1. The molecule has 2 aromatic rings. The van der Waals surface area contributed by atoms with Crippen LogP contribution in [0.15, 0.2) is 40.5 Å². The Bertz CT molecular complexity index is 681. The van der Waals surface area contributed by atoms with Crippen LogP contribution in [0.25, 0.3) is 10.1 Å². The number of benzene rings is 1. The van der Waals surface area contributed by atoms with Gasteiger partial charge in [0.15, 0.2) is 8.32 Å². The maximum atomic E-state index is 6.78. The van der Waals surface area contributed by atoms with E-state index in [1.54, 1.807) is 0 Å². The molecule has 2 rings (SSSR count). The molecular formula is C20H29IOSSi. The molecule has 1 aromatic carbocycles. The molecule has 1 aromatic heterocycles. The lowest BCUT2D eigenvalue weighted by atomic mass is 10.00. The van der Waals surface area contributed by atoms with Crippen LogP contribution in [0.5, 0.6) is 0 Å². The van der Waals surface area contributed by atoms with Gasteiger partial charge in [0.25, 0.3) is 0 Å². The summed E-state index contributed by atoms with van der Waals surface area (Å²) in [5.41, 5.74) is -0.194. The molecule has 0 aliphatic heterocycles. The Morgan fingerprint density at radius 3 is 2.42 bits per heavy atom. The molecule has 0 bridgehead atoms. The highest BCUT2D eigenvalue weighted by Gasteiger charge is 2.42. The van der Waals surface area contributed by atoms with E-state index < -0.39 is 8.32 Å². The third-order valence-electron chi connectivity index (χ3n) is 5.05. The van der Waals surface area contributed by atoms with Gasteiger partial charge in [0.05, 0.1) is 5.60 Å². The fourth-order valence-electron chi connectivity index (χ4n) is 2.57. The second-order valence-corrected chi connectivity index (χ2v) is 14.8. The summed E-state index contributed by atoms with van der Waals surface area (Å²) in [6.45, 7) is 13.8. The monoisotopic (exact) mass is 472 g/mol. The fourth-order valence-corrected chi connectivity index (χ4v) is 6.04. The van der Waals surface area contributed by atoms with Gasteiger partial charge in [-0.3, -0.25) is 0 Å². The first-order valence-corrected chi connectivity index (χ1v) is 13.5. The third kappa shape index (κ3) is 4.93.